The first-order valence-corrected chi connectivity index (χ1v) is 22.1. The van der Waals surface area contributed by atoms with Crippen molar-refractivity contribution in [3.05, 3.63) is 269 Å². The Morgan fingerprint density at radius 3 is 2.05 bits per heavy atom. The summed E-state index contributed by atoms with van der Waals surface area (Å²) in [4.78, 5) is 0. The summed E-state index contributed by atoms with van der Waals surface area (Å²) in [5.74, 6) is 0. The molecule has 2 aliphatic rings. The van der Waals surface area contributed by atoms with Crippen LogP contribution in [0.5, 0.6) is 0 Å². The molecule has 0 saturated heterocycles. The molecule has 2 aromatic heterocycles. The number of nitrogens with zero attached hydrogens (tertiary/aromatic N) is 1. The van der Waals surface area contributed by atoms with Crippen LogP contribution >= 0.6 is 0 Å². The lowest BCUT2D eigenvalue weighted by atomic mass is 9.67. The van der Waals surface area contributed by atoms with Crippen LogP contribution in [0.4, 0.5) is 5.69 Å². The molecule has 0 atom stereocenters. The van der Waals surface area contributed by atoms with Gasteiger partial charge in [0.05, 0.1) is 16.4 Å². The van der Waals surface area contributed by atoms with Gasteiger partial charge < -0.3 is 9.72 Å². The quantitative estimate of drug-likeness (QED) is 0.114. The second-order valence-electron chi connectivity index (χ2n) is 16.8. The largest absolute Gasteiger partial charge is 0.362 e. The minimum absolute atomic E-state index is 0.462. The lowest BCUT2D eigenvalue weighted by Crippen LogP contribution is -2.28. The summed E-state index contributed by atoms with van der Waals surface area (Å²) in [7, 11) is 0. The van der Waals surface area contributed by atoms with Crippen molar-refractivity contribution in [2.24, 2.45) is 0 Å². The first-order chi connectivity index (χ1) is 31.3. The Morgan fingerprint density at radius 2 is 1.25 bits per heavy atom. The predicted octanol–water partition coefficient (Wildman–Crippen LogP) is 15.4. The Labute approximate surface area is 368 Å². The molecule has 10 aromatic rings. The van der Waals surface area contributed by atoms with Crippen molar-refractivity contribution in [2.45, 2.75) is 18.3 Å². The number of anilines is 1. The fraction of sp³-hybridized carbons (Fsp3) is 0.0492. The van der Waals surface area contributed by atoms with Crippen LogP contribution in [0.15, 0.2) is 225 Å². The van der Waals surface area contributed by atoms with Crippen LogP contribution in [0.2, 0.25) is 0 Å². The highest BCUT2D eigenvalue weighted by Crippen LogP contribution is 2.56. The number of benzene rings is 8. The fourth-order valence-electron chi connectivity index (χ4n) is 10.6. The summed E-state index contributed by atoms with van der Waals surface area (Å²) in [6.07, 6.45) is 17.7. The molecule has 298 valence electrons. The molecule has 63 heavy (non-hydrogen) atoms. The number of rotatable bonds is 9. The molecular formula is C61H44N2. The third-order valence-corrected chi connectivity index (χ3v) is 13.4. The maximum atomic E-state index is 3.48. The van der Waals surface area contributed by atoms with E-state index >= 15 is 0 Å². The Hall–Kier alpha value is -7.94. The first kappa shape index (κ1) is 36.9. The van der Waals surface area contributed by atoms with Gasteiger partial charge in [-0.05, 0) is 117 Å². The van der Waals surface area contributed by atoms with E-state index in [0.717, 1.165) is 29.7 Å². The van der Waals surface area contributed by atoms with E-state index in [1.807, 2.05) is 6.20 Å². The average Bonchev–Trinajstić information content (AvgIpc) is 3.98. The van der Waals surface area contributed by atoms with E-state index in [-0.39, 0.29) is 0 Å². The fourth-order valence-corrected chi connectivity index (χ4v) is 10.6. The molecule has 0 unspecified atom stereocenters. The highest BCUT2D eigenvalue weighted by molar-refractivity contribution is 6.17. The second-order valence-corrected chi connectivity index (χ2v) is 16.8. The normalized spacial score (nSPS) is 14.3. The van der Waals surface area contributed by atoms with Crippen LogP contribution in [-0.4, -0.2) is 4.40 Å². The van der Waals surface area contributed by atoms with Gasteiger partial charge in [-0.15, -0.1) is 0 Å². The maximum absolute atomic E-state index is 3.48. The third kappa shape index (κ3) is 6.02. The van der Waals surface area contributed by atoms with Crippen LogP contribution < -0.4 is 5.32 Å². The summed E-state index contributed by atoms with van der Waals surface area (Å²) in [5, 5.41) is 7.43. The summed E-state index contributed by atoms with van der Waals surface area (Å²) in [6, 6.07) is 71.2. The van der Waals surface area contributed by atoms with Crippen molar-refractivity contribution in [2.75, 3.05) is 5.32 Å². The van der Waals surface area contributed by atoms with Crippen molar-refractivity contribution >= 4 is 50.6 Å². The molecule has 1 N–H and O–H groups in total. The molecule has 2 nitrogen and oxygen atoms in total. The van der Waals surface area contributed by atoms with Gasteiger partial charge in [0, 0.05) is 39.3 Å². The summed E-state index contributed by atoms with van der Waals surface area (Å²) in [6.45, 7) is 0. The molecule has 0 aliphatic heterocycles. The maximum Gasteiger partial charge on any atom is 0.0713 e. The van der Waals surface area contributed by atoms with Crippen molar-refractivity contribution < 1.29 is 0 Å². The Balaban J connectivity index is 0.981. The summed E-state index contributed by atoms with van der Waals surface area (Å²) in [5.41, 5.74) is 19.6. The van der Waals surface area contributed by atoms with E-state index in [2.05, 4.69) is 240 Å². The molecule has 0 spiro atoms. The molecule has 2 aliphatic carbocycles. The number of hydrogen-bond donors (Lipinski definition) is 1. The SMILES string of the molecule is C1=Cc2c(n3c4ccc(C(/C=C\C=C\Nc5ccc(-c6ccccc6)cc5)=C/c5ccc6c(c5)C(c5ccccc5)(c5ccccc5)c5ccccc5-6)cc4c4cccc2c43)CC1. The van der Waals surface area contributed by atoms with Crippen molar-refractivity contribution in [3.8, 4) is 22.3 Å². The van der Waals surface area contributed by atoms with E-state index in [9.17, 15) is 0 Å². The zero-order valence-corrected chi connectivity index (χ0v) is 34.9. The summed E-state index contributed by atoms with van der Waals surface area (Å²) >= 11 is 0. The number of aromatic nitrogens is 1. The van der Waals surface area contributed by atoms with Gasteiger partial charge in [0.1, 0.15) is 0 Å². The molecule has 0 fully saturated rings. The van der Waals surface area contributed by atoms with Crippen LogP contribution in [0.1, 0.15) is 51.1 Å². The van der Waals surface area contributed by atoms with Gasteiger partial charge in [-0.3, -0.25) is 0 Å². The second kappa shape index (κ2) is 15.2. The number of para-hydroxylation sites is 1. The van der Waals surface area contributed by atoms with Gasteiger partial charge in [0.2, 0.25) is 0 Å². The Bertz CT molecular complexity index is 3400. The Morgan fingerprint density at radius 1 is 0.556 bits per heavy atom. The zero-order chi connectivity index (χ0) is 41.7. The Kier molecular flexibility index (Phi) is 8.90. The number of fused-ring (bicyclic) bond motifs is 9. The van der Waals surface area contributed by atoms with Gasteiger partial charge in [-0.25, -0.2) is 0 Å². The molecule has 0 bridgehead atoms. The minimum atomic E-state index is -0.462. The summed E-state index contributed by atoms with van der Waals surface area (Å²) < 4.78 is 2.54. The number of hydrogen-bond acceptors (Lipinski definition) is 1. The topological polar surface area (TPSA) is 16.4 Å². The lowest BCUT2D eigenvalue weighted by Gasteiger charge is -2.34. The predicted molar refractivity (Wildman–Crippen MR) is 266 cm³/mol. The van der Waals surface area contributed by atoms with E-state index in [0.29, 0.717) is 0 Å². The molecule has 0 radical (unpaired) electrons. The van der Waals surface area contributed by atoms with Crippen LogP contribution in [0.3, 0.4) is 0 Å². The van der Waals surface area contributed by atoms with E-state index in [4.69, 9.17) is 0 Å². The van der Waals surface area contributed by atoms with E-state index < -0.39 is 5.41 Å². The van der Waals surface area contributed by atoms with Crippen LogP contribution in [0.25, 0.3) is 67.2 Å². The highest BCUT2D eigenvalue weighted by atomic mass is 14.9. The van der Waals surface area contributed by atoms with Crippen molar-refractivity contribution in [1.82, 2.24) is 4.40 Å². The monoisotopic (exact) mass is 804 g/mol. The molecule has 0 amide bonds. The lowest BCUT2D eigenvalue weighted by molar-refractivity contribution is 0.768. The van der Waals surface area contributed by atoms with Gasteiger partial charge in [0.25, 0.3) is 0 Å². The van der Waals surface area contributed by atoms with Gasteiger partial charge in [-0.1, -0.05) is 188 Å². The van der Waals surface area contributed by atoms with Crippen molar-refractivity contribution in [3.63, 3.8) is 0 Å². The third-order valence-electron chi connectivity index (χ3n) is 13.4. The molecule has 8 aromatic carbocycles. The highest BCUT2D eigenvalue weighted by Gasteiger charge is 2.46. The number of allylic oxidation sites excluding steroid dienone is 5. The molecule has 12 rings (SSSR count). The average molecular weight is 805 g/mol. The zero-order valence-electron chi connectivity index (χ0n) is 34.9. The van der Waals surface area contributed by atoms with Crippen LogP contribution in [-0.2, 0) is 11.8 Å². The first-order valence-electron chi connectivity index (χ1n) is 22.1. The molecule has 2 heteroatoms. The van der Waals surface area contributed by atoms with E-state index in [1.54, 1.807) is 0 Å². The van der Waals surface area contributed by atoms with E-state index in [1.165, 1.54) is 88.5 Å². The minimum Gasteiger partial charge on any atom is -0.362 e. The van der Waals surface area contributed by atoms with Crippen LogP contribution in [0, 0.1) is 0 Å². The molecular weight excluding hydrogens is 761 g/mol. The van der Waals surface area contributed by atoms with Crippen molar-refractivity contribution in [1.29, 1.82) is 0 Å². The smallest absolute Gasteiger partial charge is 0.0713 e. The van der Waals surface area contributed by atoms with Gasteiger partial charge in [-0.2, -0.15) is 0 Å². The number of aryl methyl sites for hydroxylation is 1. The van der Waals surface area contributed by atoms with Gasteiger partial charge in [0.15, 0.2) is 0 Å². The van der Waals surface area contributed by atoms with Gasteiger partial charge >= 0.3 is 0 Å². The number of nitrogens with one attached hydrogen (secondary N) is 1. The molecule has 0 saturated carbocycles. The standard InChI is InChI=1S/C61H44N2/c1-4-17-43(18-5-1)44-31-34-49(35-32-44)62-38-15-14-19-45(46-33-37-59-55(41-46)54-27-16-26-53-52-25-11-13-29-58(52)63(59)60(53)54)39-42-30-36-51-50-24-10-12-28-56(50)61(57(51)40-42,47-20-6-2-7-21-47)48-22-8-3-9-23-48/h1-12,14-28,30-41,62H,13,29H2/b19-14-,38-15+,45-39+. The molecule has 2 heterocycles.